The minimum Gasteiger partial charge on any atom is -0.497 e. The van der Waals surface area contributed by atoms with Gasteiger partial charge in [0.15, 0.2) is 0 Å². The predicted octanol–water partition coefficient (Wildman–Crippen LogP) is 4.74. The van der Waals surface area contributed by atoms with Crippen LogP contribution in [-0.2, 0) is 14.8 Å². The third-order valence-corrected chi connectivity index (χ3v) is 6.92. The molecule has 0 bridgehead atoms. The van der Waals surface area contributed by atoms with Crippen molar-refractivity contribution in [3.8, 4) is 5.75 Å². The van der Waals surface area contributed by atoms with Crippen molar-refractivity contribution in [1.82, 2.24) is 5.43 Å². The van der Waals surface area contributed by atoms with E-state index >= 15 is 0 Å². The normalized spacial score (nSPS) is 11.7. The van der Waals surface area contributed by atoms with Gasteiger partial charge >= 0.3 is 0 Å². The lowest BCUT2D eigenvalue weighted by Crippen LogP contribution is -2.39. The van der Waals surface area contributed by atoms with E-state index in [0.717, 1.165) is 9.87 Å². The Hall–Kier alpha value is -3.07. The fourth-order valence-electron chi connectivity index (χ4n) is 2.89. The Morgan fingerprint density at radius 2 is 1.67 bits per heavy atom. The van der Waals surface area contributed by atoms with Gasteiger partial charge in [-0.2, -0.15) is 5.10 Å². The second-order valence-corrected chi connectivity index (χ2v) is 9.64. The standard InChI is InChI=1S/C23H21Cl2N3O4S/c1-16(17-6-8-18(24)9-7-17)26-27-23(29)15-28(20-5-3-4-19(25)14-20)33(30,31)22-12-10-21(32-2)11-13-22/h3-14H,15H2,1-2H3,(H,27,29)/b26-16-. The highest BCUT2D eigenvalue weighted by Crippen LogP contribution is 2.27. The summed E-state index contributed by atoms with van der Waals surface area (Å²) in [6.07, 6.45) is 0. The molecule has 0 fully saturated rings. The SMILES string of the molecule is COc1ccc(S(=O)(=O)N(CC(=O)N/N=C(/C)c2ccc(Cl)cc2)c2cccc(Cl)c2)cc1. The van der Waals surface area contributed by atoms with E-state index in [1.807, 2.05) is 0 Å². The average Bonchev–Trinajstić information content (AvgIpc) is 2.81. The summed E-state index contributed by atoms with van der Waals surface area (Å²) in [7, 11) is -2.61. The van der Waals surface area contributed by atoms with Crippen molar-refractivity contribution in [3.05, 3.63) is 88.4 Å². The molecular weight excluding hydrogens is 485 g/mol. The molecule has 3 aromatic carbocycles. The Bertz CT molecular complexity index is 1260. The van der Waals surface area contributed by atoms with E-state index in [0.29, 0.717) is 21.5 Å². The summed E-state index contributed by atoms with van der Waals surface area (Å²) in [6.45, 7) is 1.21. The number of anilines is 1. The molecule has 3 aromatic rings. The van der Waals surface area contributed by atoms with Crippen molar-refractivity contribution in [2.24, 2.45) is 5.10 Å². The molecule has 0 aromatic heterocycles. The van der Waals surface area contributed by atoms with Crippen LogP contribution in [0.3, 0.4) is 0 Å². The van der Waals surface area contributed by atoms with Gasteiger partial charge in [-0.1, -0.05) is 41.4 Å². The maximum absolute atomic E-state index is 13.4. The molecule has 33 heavy (non-hydrogen) atoms. The predicted molar refractivity (Wildman–Crippen MR) is 131 cm³/mol. The Kier molecular flexibility index (Phi) is 7.97. The van der Waals surface area contributed by atoms with Crippen molar-refractivity contribution >= 4 is 50.5 Å². The van der Waals surface area contributed by atoms with Crippen molar-refractivity contribution in [2.45, 2.75) is 11.8 Å². The van der Waals surface area contributed by atoms with Gasteiger partial charge in [0.05, 0.1) is 23.4 Å². The molecule has 0 saturated heterocycles. The highest BCUT2D eigenvalue weighted by Gasteiger charge is 2.27. The molecule has 0 heterocycles. The molecule has 3 rings (SSSR count). The van der Waals surface area contributed by atoms with Gasteiger partial charge < -0.3 is 4.74 Å². The summed E-state index contributed by atoms with van der Waals surface area (Å²) < 4.78 is 32.8. The van der Waals surface area contributed by atoms with Crippen LogP contribution in [0.5, 0.6) is 5.75 Å². The number of ether oxygens (including phenoxy) is 1. The zero-order chi connectivity index (χ0) is 24.0. The smallest absolute Gasteiger partial charge is 0.264 e. The topological polar surface area (TPSA) is 88.1 Å². The second-order valence-electron chi connectivity index (χ2n) is 6.91. The van der Waals surface area contributed by atoms with Crippen LogP contribution in [0.15, 0.2) is 82.8 Å². The number of amides is 1. The first-order chi connectivity index (χ1) is 15.7. The van der Waals surface area contributed by atoms with Crippen LogP contribution in [0.1, 0.15) is 12.5 Å². The lowest BCUT2D eigenvalue weighted by molar-refractivity contribution is -0.119. The van der Waals surface area contributed by atoms with E-state index < -0.39 is 22.5 Å². The molecule has 7 nitrogen and oxygen atoms in total. The molecule has 0 radical (unpaired) electrons. The monoisotopic (exact) mass is 505 g/mol. The van der Waals surface area contributed by atoms with Crippen molar-refractivity contribution in [1.29, 1.82) is 0 Å². The highest BCUT2D eigenvalue weighted by atomic mass is 35.5. The third-order valence-electron chi connectivity index (χ3n) is 4.64. The molecule has 0 aliphatic carbocycles. The van der Waals surface area contributed by atoms with E-state index in [-0.39, 0.29) is 10.6 Å². The molecule has 1 N–H and O–H groups in total. The first-order valence-electron chi connectivity index (χ1n) is 9.72. The van der Waals surface area contributed by atoms with Gasteiger partial charge in [0, 0.05) is 10.0 Å². The maximum Gasteiger partial charge on any atom is 0.264 e. The number of halogens is 2. The molecular formula is C23H21Cl2N3O4S. The van der Waals surface area contributed by atoms with Gasteiger partial charge in [0.25, 0.3) is 15.9 Å². The number of carbonyl (C=O) groups excluding carboxylic acids is 1. The third kappa shape index (κ3) is 6.25. The summed E-state index contributed by atoms with van der Waals surface area (Å²) in [4.78, 5) is 12.7. The molecule has 0 aliphatic rings. The number of carbonyl (C=O) groups is 1. The van der Waals surface area contributed by atoms with Gasteiger partial charge in [-0.15, -0.1) is 0 Å². The summed E-state index contributed by atoms with van der Waals surface area (Å²) >= 11 is 12.0. The van der Waals surface area contributed by atoms with E-state index in [2.05, 4.69) is 10.5 Å². The molecule has 1 amide bonds. The quantitative estimate of drug-likeness (QED) is 0.353. The summed E-state index contributed by atoms with van der Waals surface area (Å²) in [5, 5.41) is 4.99. The molecule has 0 saturated carbocycles. The largest absolute Gasteiger partial charge is 0.497 e. The highest BCUT2D eigenvalue weighted by molar-refractivity contribution is 7.92. The molecule has 0 spiro atoms. The fourth-order valence-corrected chi connectivity index (χ4v) is 4.61. The minimum absolute atomic E-state index is 0.00285. The van der Waals surface area contributed by atoms with Crippen LogP contribution in [0.2, 0.25) is 10.0 Å². The summed E-state index contributed by atoms with van der Waals surface area (Å²) in [6, 6.07) is 19.1. The number of hydrogen-bond acceptors (Lipinski definition) is 5. The molecule has 172 valence electrons. The first kappa shape index (κ1) is 24.6. The number of nitrogens with zero attached hydrogens (tertiary/aromatic N) is 2. The van der Waals surface area contributed by atoms with E-state index in [4.69, 9.17) is 27.9 Å². The Labute approximate surface area is 202 Å². The number of methoxy groups -OCH3 is 1. The fraction of sp³-hybridized carbons (Fsp3) is 0.130. The van der Waals surface area contributed by atoms with Crippen molar-refractivity contribution in [2.75, 3.05) is 18.0 Å². The van der Waals surface area contributed by atoms with Crippen molar-refractivity contribution < 1.29 is 17.9 Å². The maximum atomic E-state index is 13.4. The van der Waals surface area contributed by atoms with Gasteiger partial charge in [-0.25, -0.2) is 13.8 Å². The summed E-state index contributed by atoms with van der Waals surface area (Å²) in [5.41, 5.74) is 3.95. The zero-order valence-electron chi connectivity index (χ0n) is 17.8. The van der Waals surface area contributed by atoms with E-state index in [1.165, 1.54) is 37.4 Å². The summed E-state index contributed by atoms with van der Waals surface area (Å²) in [5.74, 6) is -0.117. The van der Waals surface area contributed by atoms with Gasteiger partial charge in [-0.05, 0) is 67.1 Å². The van der Waals surface area contributed by atoms with Crippen LogP contribution in [0.4, 0.5) is 5.69 Å². The molecule has 0 unspecified atom stereocenters. The van der Waals surface area contributed by atoms with Gasteiger partial charge in [0.1, 0.15) is 12.3 Å². The van der Waals surface area contributed by atoms with Gasteiger partial charge in [0.2, 0.25) is 0 Å². The average molecular weight is 506 g/mol. The lowest BCUT2D eigenvalue weighted by atomic mass is 10.1. The number of nitrogens with one attached hydrogen (secondary N) is 1. The molecule has 0 atom stereocenters. The van der Waals surface area contributed by atoms with E-state index in [1.54, 1.807) is 49.4 Å². The number of rotatable bonds is 8. The second kappa shape index (κ2) is 10.7. The van der Waals surface area contributed by atoms with Crippen LogP contribution in [0.25, 0.3) is 0 Å². The van der Waals surface area contributed by atoms with Crippen LogP contribution in [0, 0.1) is 0 Å². The number of hydrazone groups is 1. The molecule has 0 aliphatic heterocycles. The van der Waals surface area contributed by atoms with E-state index in [9.17, 15) is 13.2 Å². The number of benzene rings is 3. The van der Waals surface area contributed by atoms with Crippen LogP contribution < -0.4 is 14.5 Å². The Balaban J connectivity index is 1.87. The van der Waals surface area contributed by atoms with Crippen LogP contribution in [-0.4, -0.2) is 33.7 Å². The van der Waals surface area contributed by atoms with Crippen LogP contribution >= 0.6 is 23.2 Å². The number of sulfonamides is 1. The Morgan fingerprint density at radius 3 is 2.27 bits per heavy atom. The zero-order valence-corrected chi connectivity index (χ0v) is 20.2. The Morgan fingerprint density at radius 1 is 1.00 bits per heavy atom. The van der Waals surface area contributed by atoms with Gasteiger partial charge in [-0.3, -0.25) is 9.10 Å². The molecule has 10 heteroatoms. The number of hydrogen-bond donors (Lipinski definition) is 1. The lowest BCUT2D eigenvalue weighted by Gasteiger charge is -2.24. The van der Waals surface area contributed by atoms with Crippen molar-refractivity contribution in [3.63, 3.8) is 0 Å². The minimum atomic E-state index is -4.09. The first-order valence-corrected chi connectivity index (χ1v) is 11.9.